The van der Waals surface area contributed by atoms with E-state index in [0.717, 1.165) is 18.9 Å². The van der Waals surface area contributed by atoms with Crippen molar-refractivity contribution in [2.75, 3.05) is 6.54 Å². The molecule has 0 spiro atoms. The molecule has 0 aromatic carbocycles. The number of rotatable bonds is 5. The van der Waals surface area contributed by atoms with Crippen molar-refractivity contribution >= 4 is 11.3 Å². The largest absolute Gasteiger partial charge is 0.314 e. The average molecular weight is 280 g/mol. The molecule has 1 aliphatic rings. The zero-order chi connectivity index (χ0) is 13.9. The molecule has 2 nitrogen and oxygen atoms in total. The lowest BCUT2D eigenvalue weighted by Gasteiger charge is -2.38. The first-order chi connectivity index (χ1) is 9.00. The maximum absolute atomic E-state index is 4.63. The molecule has 19 heavy (non-hydrogen) atoms. The predicted octanol–water partition coefficient (Wildman–Crippen LogP) is 4.19. The summed E-state index contributed by atoms with van der Waals surface area (Å²) in [5, 5.41) is 7.17. The molecule has 0 radical (unpaired) electrons. The Balaban J connectivity index is 1.96. The fourth-order valence-corrected chi connectivity index (χ4v) is 4.01. The lowest BCUT2D eigenvalue weighted by molar-refractivity contribution is 0.161. The number of hydrogen-bond acceptors (Lipinski definition) is 3. The van der Waals surface area contributed by atoms with Crippen LogP contribution in [0.3, 0.4) is 0 Å². The van der Waals surface area contributed by atoms with Crippen molar-refractivity contribution in [3.05, 3.63) is 16.1 Å². The van der Waals surface area contributed by atoms with Crippen molar-refractivity contribution in [1.82, 2.24) is 10.3 Å². The Morgan fingerprint density at radius 1 is 1.42 bits per heavy atom. The molecular weight excluding hydrogens is 252 g/mol. The predicted molar refractivity (Wildman–Crippen MR) is 83.8 cm³/mol. The second-order valence-corrected chi connectivity index (χ2v) is 7.70. The maximum atomic E-state index is 4.63. The van der Waals surface area contributed by atoms with Gasteiger partial charge in [-0.2, -0.15) is 0 Å². The summed E-state index contributed by atoms with van der Waals surface area (Å²) in [6.07, 6.45) is 6.59. The number of likely N-dealkylation sites (N-methyl/N-ethyl adjacent to an activating group) is 1. The molecule has 1 N–H and O–H groups in total. The van der Waals surface area contributed by atoms with Crippen LogP contribution in [0.25, 0.3) is 0 Å². The summed E-state index contributed by atoms with van der Waals surface area (Å²) >= 11 is 1.82. The first kappa shape index (κ1) is 15.0. The molecule has 1 saturated carbocycles. The Kier molecular flexibility index (Phi) is 5.02. The molecule has 0 amide bonds. The van der Waals surface area contributed by atoms with E-state index in [1.54, 1.807) is 0 Å². The molecule has 1 atom stereocenters. The third-order valence-electron chi connectivity index (χ3n) is 4.48. The Morgan fingerprint density at radius 3 is 2.63 bits per heavy atom. The van der Waals surface area contributed by atoms with Crippen molar-refractivity contribution < 1.29 is 0 Å². The Morgan fingerprint density at radius 2 is 2.11 bits per heavy atom. The zero-order valence-corrected chi connectivity index (χ0v) is 13.6. The summed E-state index contributed by atoms with van der Waals surface area (Å²) in [7, 11) is 0. The van der Waals surface area contributed by atoms with E-state index in [4.69, 9.17) is 0 Å². The zero-order valence-electron chi connectivity index (χ0n) is 12.8. The molecule has 1 heterocycles. The van der Waals surface area contributed by atoms with Gasteiger partial charge in [0.15, 0.2) is 0 Å². The van der Waals surface area contributed by atoms with Crippen molar-refractivity contribution in [2.45, 2.75) is 65.8 Å². The van der Waals surface area contributed by atoms with Crippen molar-refractivity contribution in [3.8, 4) is 0 Å². The Labute approximate surface area is 122 Å². The minimum Gasteiger partial charge on any atom is -0.314 e. The summed E-state index contributed by atoms with van der Waals surface area (Å²) in [6.45, 7) is 10.2. The Hall–Kier alpha value is -0.410. The van der Waals surface area contributed by atoms with Gasteiger partial charge in [0.25, 0.3) is 0 Å². The molecule has 1 fully saturated rings. The highest BCUT2D eigenvalue weighted by atomic mass is 32.1. The van der Waals surface area contributed by atoms with E-state index in [1.807, 2.05) is 11.3 Å². The van der Waals surface area contributed by atoms with Gasteiger partial charge in [-0.05, 0) is 50.5 Å². The SMILES string of the molecule is CCNC(Cc1nc(C)cs1)C1CCC(C)(C)CC1. The van der Waals surface area contributed by atoms with E-state index >= 15 is 0 Å². The van der Waals surface area contributed by atoms with Crippen LogP contribution in [-0.2, 0) is 6.42 Å². The average Bonchev–Trinajstić information content (AvgIpc) is 2.74. The quantitative estimate of drug-likeness (QED) is 0.875. The van der Waals surface area contributed by atoms with E-state index in [9.17, 15) is 0 Å². The summed E-state index contributed by atoms with van der Waals surface area (Å²) in [5.74, 6) is 0.831. The van der Waals surface area contributed by atoms with Crippen LogP contribution in [0, 0.1) is 18.3 Å². The van der Waals surface area contributed by atoms with Gasteiger partial charge < -0.3 is 5.32 Å². The van der Waals surface area contributed by atoms with Gasteiger partial charge in [0.2, 0.25) is 0 Å². The minimum atomic E-state index is 0.561. The molecule has 108 valence electrons. The lowest BCUT2D eigenvalue weighted by Crippen LogP contribution is -2.40. The van der Waals surface area contributed by atoms with Crippen molar-refractivity contribution in [2.24, 2.45) is 11.3 Å². The van der Waals surface area contributed by atoms with Crippen molar-refractivity contribution in [1.29, 1.82) is 0 Å². The summed E-state index contributed by atoms with van der Waals surface area (Å²) in [4.78, 5) is 4.63. The van der Waals surface area contributed by atoms with E-state index in [0.29, 0.717) is 11.5 Å². The van der Waals surface area contributed by atoms with Crippen LogP contribution in [0.15, 0.2) is 5.38 Å². The smallest absolute Gasteiger partial charge is 0.0943 e. The minimum absolute atomic E-state index is 0.561. The molecule has 1 unspecified atom stereocenters. The van der Waals surface area contributed by atoms with Gasteiger partial charge >= 0.3 is 0 Å². The maximum Gasteiger partial charge on any atom is 0.0943 e. The van der Waals surface area contributed by atoms with Crippen LogP contribution < -0.4 is 5.32 Å². The van der Waals surface area contributed by atoms with Crippen molar-refractivity contribution in [3.63, 3.8) is 0 Å². The van der Waals surface area contributed by atoms with Gasteiger partial charge in [0, 0.05) is 23.5 Å². The molecule has 1 aromatic heterocycles. The van der Waals surface area contributed by atoms with Crippen LogP contribution in [-0.4, -0.2) is 17.6 Å². The van der Waals surface area contributed by atoms with E-state index < -0.39 is 0 Å². The van der Waals surface area contributed by atoms with Crippen LogP contribution in [0.5, 0.6) is 0 Å². The normalized spacial score (nSPS) is 21.5. The molecule has 1 aromatic rings. The molecule has 0 aliphatic heterocycles. The highest BCUT2D eigenvalue weighted by molar-refractivity contribution is 7.09. The van der Waals surface area contributed by atoms with Gasteiger partial charge in [0.05, 0.1) is 5.01 Å². The van der Waals surface area contributed by atoms with E-state index in [1.165, 1.54) is 36.4 Å². The van der Waals surface area contributed by atoms with Gasteiger partial charge in [-0.3, -0.25) is 0 Å². The monoisotopic (exact) mass is 280 g/mol. The van der Waals surface area contributed by atoms with Gasteiger partial charge in [-0.1, -0.05) is 20.8 Å². The van der Waals surface area contributed by atoms with E-state index in [2.05, 4.69) is 43.4 Å². The van der Waals surface area contributed by atoms with Gasteiger partial charge in [-0.15, -0.1) is 11.3 Å². The number of hydrogen-bond donors (Lipinski definition) is 1. The summed E-state index contributed by atoms with van der Waals surface area (Å²) < 4.78 is 0. The molecule has 0 saturated heterocycles. The lowest BCUT2D eigenvalue weighted by atomic mass is 9.70. The highest BCUT2D eigenvalue weighted by Gasteiger charge is 2.31. The van der Waals surface area contributed by atoms with Gasteiger partial charge in [-0.25, -0.2) is 4.98 Å². The highest BCUT2D eigenvalue weighted by Crippen LogP contribution is 2.39. The third-order valence-corrected chi connectivity index (χ3v) is 5.47. The molecule has 1 aliphatic carbocycles. The van der Waals surface area contributed by atoms with E-state index in [-0.39, 0.29) is 0 Å². The fourth-order valence-electron chi connectivity index (χ4n) is 3.18. The number of nitrogens with one attached hydrogen (secondary N) is 1. The van der Waals surface area contributed by atoms with Crippen LogP contribution >= 0.6 is 11.3 Å². The first-order valence-corrected chi connectivity index (χ1v) is 8.52. The fraction of sp³-hybridized carbons (Fsp3) is 0.812. The second kappa shape index (κ2) is 6.36. The topological polar surface area (TPSA) is 24.9 Å². The van der Waals surface area contributed by atoms with Crippen LogP contribution in [0.4, 0.5) is 0 Å². The Bertz CT molecular complexity index is 387. The van der Waals surface area contributed by atoms with Crippen LogP contribution in [0.1, 0.15) is 57.2 Å². The standard InChI is InChI=1S/C16H28N2S/c1-5-17-14(10-15-18-12(2)11-19-15)13-6-8-16(3,4)9-7-13/h11,13-14,17H,5-10H2,1-4H3. The number of aromatic nitrogens is 1. The molecular formula is C16H28N2S. The molecule has 3 heteroatoms. The van der Waals surface area contributed by atoms with Crippen LogP contribution in [0.2, 0.25) is 0 Å². The number of nitrogens with zero attached hydrogens (tertiary/aromatic N) is 1. The first-order valence-electron chi connectivity index (χ1n) is 7.64. The summed E-state index contributed by atoms with van der Waals surface area (Å²) in [6, 6.07) is 0.617. The number of aryl methyl sites for hydroxylation is 1. The molecule has 0 bridgehead atoms. The number of thiazole rings is 1. The second-order valence-electron chi connectivity index (χ2n) is 6.75. The third kappa shape index (κ3) is 4.28. The summed E-state index contributed by atoms with van der Waals surface area (Å²) in [5.41, 5.74) is 1.73. The molecule has 2 rings (SSSR count). The van der Waals surface area contributed by atoms with Gasteiger partial charge in [0.1, 0.15) is 0 Å².